The van der Waals surface area contributed by atoms with Crippen LogP contribution in [-0.2, 0) is 4.74 Å². The van der Waals surface area contributed by atoms with Crippen molar-refractivity contribution in [3.05, 3.63) is 53.6 Å². The van der Waals surface area contributed by atoms with Gasteiger partial charge in [-0.2, -0.15) is 0 Å². The summed E-state index contributed by atoms with van der Waals surface area (Å²) >= 11 is 5.39. The van der Waals surface area contributed by atoms with Gasteiger partial charge in [0.15, 0.2) is 5.11 Å². The smallest absolute Gasteiger partial charge is 0.254 e. The van der Waals surface area contributed by atoms with Gasteiger partial charge in [0.05, 0.1) is 26.0 Å². The molecule has 27 heavy (non-hydrogen) atoms. The summed E-state index contributed by atoms with van der Waals surface area (Å²) in [6.07, 6.45) is 0. The molecule has 2 aromatic carbocycles. The SMILES string of the molecule is COc1ccc(C)cc1NC(=S)Nc1ccc(C(=O)N2CCOCC2)cc1. The molecule has 1 aliphatic heterocycles. The number of methoxy groups -OCH3 is 1. The minimum Gasteiger partial charge on any atom is -0.495 e. The van der Waals surface area contributed by atoms with Crippen LogP contribution in [0.4, 0.5) is 11.4 Å². The Morgan fingerprint density at radius 2 is 1.81 bits per heavy atom. The number of hydrogen-bond acceptors (Lipinski definition) is 4. The molecule has 0 bridgehead atoms. The normalized spacial score (nSPS) is 13.8. The molecule has 3 rings (SSSR count). The molecule has 1 saturated heterocycles. The summed E-state index contributed by atoms with van der Waals surface area (Å²) in [5.41, 5.74) is 3.36. The van der Waals surface area contributed by atoms with E-state index in [1.165, 1.54) is 0 Å². The topological polar surface area (TPSA) is 62.8 Å². The summed E-state index contributed by atoms with van der Waals surface area (Å²) in [6.45, 7) is 4.45. The third-order valence-corrected chi connectivity index (χ3v) is 4.50. The van der Waals surface area contributed by atoms with E-state index in [9.17, 15) is 4.79 Å². The Morgan fingerprint density at radius 1 is 1.11 bits per heavy atom. The van der Waals surface area contributed by atoms with Crippen LogP contribution in [0.5, 0.6) is 5.75 Å². The van der Waals surface area contributed by atoms with Crippen molar-refractivity contribution >= 4 is 34.6 Å². The van der Waals surface area contributed by atoms with Gasteiger partial charge in [-0.25, -0.2) is 0 Å². The van der Waals surface area contributed by atoms with Gasteiger partial charge in [-0.15, -0.1) is 0 Å². The minimum atomic E-state index is 0.0232. The van der Waals surface area contributed by atoms with Crippen molar-refractivity contribution in [2.24, 2.45) is 0 Å². The highest BCUT2D eigenvalue weighted by molar-refractivity contribution is 7.80. The van der Waals surface area contributed by atoms with E-state index in [2.05, 4.69) is 10.6 Å². The van der Waals surface area contributed by atoms with Gasteiger partial charge in [0.25, 0.3) is 5.91 Å². The maximum absolute atomic E-state index is 12.5. The van der Waals surface area contributed by atoms with Gasteiger partial charge in [0.1, 0.15) is 5.75 Å². The second-order valence-corrected chi connectivity index (χ2v) is 6.67. The lowest BCUT2D eigenvalue weighted by Crippen LogP contribution is -2.40. The fourth-order valence-electron chi connectivity index (χ4n) is 2.85. The van der Waals surface area contributed by atoms with E-state index in [0.29, 0.717) is 37.0 Å². The van der Waals surface area contributed by atoms with E-state index in [1.54, 1.807) is 19.2 Å². The number of aryl methyl sites for hydroxylation is 1. The van der Waals surface area contributed by atoms with Crippen molar-refractivity contribution in [1.29, 1.82) is 0 Å². The maximum atomic E-state index is 12.5. The van der Waals surface area contributed by atoms with Gasteiger partial charge in [0, 0.05) is 24.3 Å². The summed E-state index contributed by atoms with van der Waals surface area (Å²) in [5, 5.41) is 6.72. The lowest BCUT2D eigenvalue weighted by atomic mass is 10.1. The standard InChI is InChI=1S/C20H23N3O3S/c1-14-3-8-18(25-2)17(13-14)22-20(27)21-16-6-4-15(5-7-16)19(24)23-9-11-26-12-10-23/h3-8,13H,9-12H2,1-2H3,(H2,21,22,27). The molecule has 0 atom stereocenters. The zero-order valence-electron chi connectivity index (χ0n) is 15.5. The van der Waals surface area contributed by atoms with Gasteiger partial charge in [-0.05, 0) is 61.1 Å². The summed E-state index contributed by atoms with van der Waals surface area (Å²) in [5.74, 6) is 0.742. The number of carbonyl (C=O) groups is 1. The third kappa shape index (κ3) is 4.96. The molecule has 0 radical (unpaired) electrons. The van der Waals surface area contributed by atoms with Gasteiger partial charge in [-0.3, -0.25) is 4.79 Å². The first-order valence-electron chi connectivity index (χ1n) is 8.76. The molecule has 2 N–H and O–H groups in total. The van der Waals surface area contributed by atoms with Crippen molar-refractivity contribution in [2.75, 3.05) is 44.0 Å². The van der Waals surface area contributed by atoms with Gasteiger partial charge in [0.2, 0.25) is 0 Å². The quantitative estimate of drug-likeness (QED) is 0.788. The van der Waals surface area contributed by atoms with Crippen molar-refractivity contribution in [3.8, 4) is 5.75 Å². The van der Waals surface area contributed by atoms with Crippen LogP contribution in [0.1, 0.15) is 15.9 Å². The molecule has 1 fully saturated rings. The van der Waals surface area contributed by atoms with Crippen LogP contribution in [0.15, 0.2) is 42.5 Å². The number of rotatable bonds is 4. The lowest BCUT2D eigenvalue weighted by molar-refractivity contribution is 0.0303. The summed E-state index contributed by atoms with van der Waals surface area (Å²) in [7, 11) is 1.62. The predicted octanol–water partition coefficient (Wildman–Crippen LogP) is 3.28. The Balaban J connectivity index is 1.62. The molecule has 0 saturated carbocycles. The molecule has 2 aromatic rings. The van der Waals surface area contributed by atoms with E-state index >= 15 is 0 Å². The number of benzene rings is 2. The fraction of sp³-hybridized carbons (Fsp3) is 0.300. The highest BCUT2D eigenvalue weighted by Gasteiger charge is 2.18. The summed E-state index contributed by atoms with van der Waals surface area (Å²) in [4.78, 5) is 14.3. The Kier molecular flexibility index (Phi) is 6.26. The maximum Gasteiger partial charge on any atom is 0.254 e. The number of nitrogens with zero attached hydrogens (tertiary/aromatic N) is 1. The summed E-state index contributed by atoms with van der Waals surface area (Å²) < 4.78 is 10.6. The van der Waals surface area contributed by atoms with Crippen molar-refractivity contribution in [2.45, 2.75) is 6.92 Å². The van der Waals surface area contributed by atoms with Crippen molar-refractivity contribution in [3.63, 3.8) is 0 Å². The molecular formula is C20H23N3O3S. The fourth-order valence-corrected chi connectivity index (χ4v) is 3.08. The van der Waals surface area contributed by atoms with Crippen molar-refractivity contribution in [1.82, 2.24) is 4.90 Å². The average molecular weight is 385 g/mol. The first-order chi connectivity index (χ1) is 13.1. The van der Waals surface area contributed by atoms with Gasteiger partial charge in [-0.1, -0.05) is 6.07 Å². The van der Waals surface area contributed by atoms with Gasteiger partial charge >= 0.3 is 0 Å². The van der Waals surface area contributed by atoms with Crippen LogP contribution in [0.25, 0.3) is 0 Å². The molecule has 0 aliphatic carbocycles. The molecule has 142 valence electrons. The molecule has 1 aliphatic rings. The highest BCUT2D eigenvalue weighted by Crippen LogP contribution is 2.25. The van der Waals surface area contributed by atoms with Crippen molar-refractivity contribution < 1.29 is 14.3 Å². The first kappa shape index (κ1) is 19.1. The molecular weight excluding hydrogens is 362 g/mol. The molecule has 0 unspecified atom stereocenters. The van der Waals surface area contributed by atoms with Gasteiger partial charge < -0.3 is 25.0 Å². The number of morpholine rings is 1. The lowest BCUT2D eigenvalue weighted by Gasteiger charge is -2.26. The minimum absolute atomic E-state index is 0.0232. The van der Waals surface area contributed by atoms with Crippen LogP contribution >= 0.6 is 12.2 Å². The van der Waals surface area contributed by atoms with E-state index in [1.807, 2.05) is 42.2 Å². The Bertz CT molecular complexity index is 818. The molecule has 1 heterocycles. The van der Waals surface area contributed by atoms with E-state index in [4.69, 9.17) is 21.7 Å². The summed E-state index contributed by atoms with van der Waals surface area (Å²) in [6, 6.07) is 13.1. The Labute approximate surface area is 164 Å². The molecule has 0 spiro atoms. The molecule has 0 aromatic heterocycles. The first-order valence-corrected chi connectivity index (χ1v) is 9.17. The third-order valence-electron chi connectivity index (χ3n) is 4.29. The molecule has 7 heteroatoms. The largest absolute Gasteiger partial charge is 0.495 e. The number of nitrogens with one attached hydrogen (secondary N) is 2. The number of anilines is 2. The second-order valence-electron chi connectivity index (χ2n) is 6.26. The number of carbonyl (C=O) groups excluding carboxylic acids is 1. The molecule has 6 nitrogen and oxygen atoms in total. The van der Waals surface area contributed by atoms with E-state index in [-0.39, 0.29) is 5.91 Å². The number of thiocarbonyl (C=S) groups is 1. The zero-order valence-corrected chi connectivity index (χ0v) is 16.3. The van der Waals surface area contributed by atoms with Crippen LogP contribution in [0.2, 0.25) is 0 Å². The van der Waals surface area contributed by atoms with Crippen LogP contribution in [0.3, 0.4) is 0 Å². The second kappa shape index (κ2) is 8.83. The van der Waals surface area contributed by atoms with Crippen LogP contribution < -0.4 is 15.4 Å². The zero-order chi connectivity index (χ0) is 19.2. The number of hydrogen-bond donors (Lipinski definition) is 2. The van der Waals surface area contributed by atoms with E-state index in [0.717, 1.165) is 22.7 Å². The average Bonchev–Trinajstić information content (AvgIpc) is 2.69. The Hall–Kier alpha value is -2.64. The Morgan fingerprint density at radius 3 is 2.48 bits per heavy atom. The number of ether oxygens (including phenoxy) is 2. The van der Waals surface area contributed by atoms with Crippen LogP contribution in [0, 0.1) is 6.92 Å². The highest BCUT2D eigenvalue weighted by atomic mass is 32.1. The molecule has 1 amide bonds. The number of amides is 1. The van der Waals surface area contributed by atoms with E-state index < -0.39 is 0 Å². The predicted molar refractivity (Wildman–Crippen MR) is 111 cm³/mol. The monoisotopic (exact) mass is 385 g/mol. The van der Waals surface area contributed by atoms with Crippen LogP contribution in [-0.4, -0.2) is 49.3 Å².